The third-order valence-electron chi connectivity index (χ3n) is 1.69. The first-order valence-electron chi connectivity index (χ1n) is 4.80. The van der Waals surface area contributed by atoms with Crippen LogP contribution < -0.4 is 5.32 Å². The van der Waals surface area contributed by atoms with Crippen LogP contribution in [-0.2, 0) is 14.4 Å². The maximum Gasteiger partial charge on any atom is 0.360 e. The van der Waals surface area contributed by atoms with E-state index in [4.69, 9.17) is 5.11 Å². The Hall–Kier alpha value is -2.44. The van der Waals surface area contributed by atoms with Crippen molar-refractivity contribution in [2.75, 3.05) is 11.9 Å². The van der Waals surface area contributed by atoms with E-state index >= 15 is 0 Å². The number of oxime groups is 1. The quantitative estimate of drug-likeness (QED) is 0.425. The SMILES string of the molecule is CCON=C(C(=O)O)c1cccc(NC=O)n1. The lowest BCUT2D eigenvalue weighted by atomic mass is 10.2. The lowest BCUT2D eigenvalue weighted by molar-refractivity contribution is -0.129. The minimum absolute atomic E-state index is 0.109. The van der Waals surface area contributed by atoms with E-state index in [0.717, 1.165) is 0 Å². The van der Waals surface area contributed by atoms with E-state index in [1.54, 1.807) is 13.0 Å². The molecule has 0 spiro atoms. The lowest BCUT2D eigenvalue weighted by Gasteiger charge is -2.03. The van der Waals surface area contributed by atoms with Crippen LogP contribution >= 0.6 is 0 Å². The summed E-state index contributed by atoms with van der Waals surface area (Å²) in [6, 6.07) is 4.54. The van der Waals surface area contributed by atoms with Crippen molar-refractivity contribution < 1.29 is 19.5 Å². The maximum atomic E-state index is 10.9. The molecule has 0 unspecified atom stereocenters. The Morgan fingerprint density at radius 3 is 3.00 bits per heavy atom. The van der Waals surface area contributed by atoms with Gasteiger partial charge in [-0.1, -0.05) is 11.2 Å². The molecule has 0 fully saturated rings. The number of rotatable bonds is 6. The van der Waals surface area contributed by atoms with Crippen molar-refractivity contribution in [3.05, 3.63) is 23.9 Å². The Morgan fingerprint density at radius 1 is 1.65 bits per heavy atom. The third kappa shape index (κ3) is 3.56. The van der Waals surface area contributed by atoms with Gasteiger partial charge in [0.1, 0.15) is 18.1 Å². The Kier molecular flexibility index (Phi) is 4.61. The highest BCUT2D eigenvalue weighted by Crippen LogP contribution is 2.06. The Balaban J connectivity index is 3.05. The fourth-order valence-corrected chi connectivity index (χ4v) is 1.03. The van der Waals surface area contributed by atoms with Crippen LogP contribution in [0.25, 0.3) is 0 Å². The zero-order chi connectivity index (χ0) is 12.7. The molecule has 7 heteroatoms. The molecule has 0 aromatic carbocycles. The molecule has 7 nitrogen and oxygen atoms in total. The van der Waals surface area contributed by atoms with Gasteiger partial charge in [0.15, 0.2) is 0 Å². The van der Waals surface area contributed by atoms with Crippen LogP contribution in [-0.4, -0.2) is 34.8 Å². The predicted octanol–water partition coefficient (Wildman–Crippen LogP) is 0.475. The molecule has 0 aliphatic carbocycles. The molecule has 17 heavy (non-hydrogen) atoms. The van der Waals surface area contributed by atoms with E-state index in [1.807, 2.05) is 0 Å². The summed E-state index contributed by atoms with van der Waals surface area (Å²) < 4.78 is 0. The summed E-state index contributed by atoms with van der Waals surface area (Å²) in [4.78, 5) is 29.8. The van der Waals surface area contributed by atoms with Gasteiger partial charge < -0.3 is 15.3 Å². The molecule has 90 valence electrons. The molecule has 0 bridgehead atoms. The number of nitrogens with zero attached hydrogens (tertiary/aromatic N) is 2. The first-order chi connectivity index (χ1) is 8.19. The summed E-state index contributed by atoms with van der Waals surface area (Å²) in [6.07, 6.45) is 0.451. The molecular weight excluding hydrogens is 226 g/mol. The summed E-state index contributed by atoms with van der Waals surface area (Å²) in [5, 5.41) is 14.7. The summed E-state index contributed by atoms with van der Waals surface area (Å²) >= 11 is 0. The molecule has 0 saturated heterocycles. The Morgan fingerprint density at radius 2 is 2.41 bits per heavy atom. The smallest absolute Gasteiger partial charge is 0.360 e. The van der Waals surface area contributed by atoms with Gasteiger partial charge >= 0.3 is 5.97 Å². The van der Waals surface area contributed by atoms with Crippen LogP contribution in [0.3, 0.4) is 0 Å². The number of hydrogen-bond donors (Lipinski definition) is 2. The molecule has 0 radical (unpaired) electrons. The van der Waals surface area contributed by atoms with Crippen LogP contribution in [0.15, 0.2) is 23.4 Å². The topological polar surface area (TPSA) is 101 Å². The van der Waals surface area contributed by atoms with Crippen molar-refractivity contribution >= 4 is 23.9 Å². The minimum atomic E-state index is -1.26. The fourth-order valence-electron chi connectivity index (χ4n) is 1.03. The van der Waals surface area contributed by atoms with E-state index in [-0.39, 0.29) is 23.8 Å². The second kappa shape index (κ2) is 6.21. The number of amides is 1. The second-order valence-electron chi connectivity index (χ2n) is 2.83. The van der Waals surface area contributed by atoms with Crippen LogP contribution in [0.4, 0.5) is 5.82 Å². The van der Waals surface area contributed by atoms with Crippen LogP contribution in [0.5, 0.6) is 0 Å². The molecule has 1 aromatic heterocycles. The van der Waals surface area contributed by atoms with Gasteiger partial charge in [-0.3, -0.25) is 4.79 Å². The zero-order valence-electron chi connectivity index (χ0n) is 9.08. The van der Waals surface area contributed by atoms with E-state index in [9.17, 15) is 9.59 Å². The van der Waals surface area contributed by atoms with Crippen molar-refractivity contribution in [1.29, 1.82) is 0 Å². The molecule has 1 heterocycles. The maximum absolute atomic E-state index is 10.9. The zero-order valence-corrected chi connectivity index (χ0v) is 9.08. The number of anilines is 1. The van der Waals surface area contributed by atoms with E-state index < -0.39 is 5.97 Å². The molecule has 0 saturated carbocycles. The third-order valence-corrected chi connectivity index (χ3v) is 1.69. The molecule has 0 aliphatic heterocycles. The van der Waals surface area contributed by atoms with E-state index in [0.29, 0.717) is 6.41 Å². The second-order valence-corrected chi connectivity index (χ2v) is 2.83. The normalized spacial score (nSPS) is 10.8. The molecule has 2 N–H and O–H groups in total. The van der Waals surface area contributed by atoms with E-state index in [2.05, 4.69) is 20.3 Å². The van der Waals surface area contributed by atoms with Crippen LogP contribution in [0.2, 0.25) is 0 Å². The molecule has 1 aromatic rings. The molecule has 0 atom stereocenters. The molecule has 0 aliphatic rings. The summed E-state index contributed by atoms with van der Waals surface area (Å²) in [5.74, 6) is -1.02. The van der Waals surface area contributed by atoms with Crippen molar-refractivity contribution in [2.24, 2.45) is 5.16 Å². The number of nitrogens with one attached hydrogen (secondary N) is 1. The highest BCUT2D eigenvalue weighted by molar-refractivity contribution is 6.41. The predicted molar refractivity (Wildman–Crippen MR) is 59.7 cm³/mol. The van der Waals surface area contributed by atoms with Crippen LogP contribution in [0.1, 0.15) is 12.6 Å². The Bertz CT molecular complexity index is 445. The van der Waals surface area contributed by atoms with Gasteiger partial charge in [0.2, 0.25) is 12.1 Å². The number of carboxylic acid groups (broad SMARTS) is 1. The number of hydrogen-bond acceptors (Lipinski definition) is 5. The van der Waals surface area contributed by atoms with Gasteiger partial charge in [-0.25, -0.2) is 9.78 Å². The van der Waals surface area contributed by atoms with E-state index in [1.165, 1.54) is 12.1 Å². The average Bonchev–Trinajstić information content (AvgIpc) is 2.30. The Labute approximate surface area is 97.1 Å². The van der Waals surface area contributed by atoms with Crippen molar-refractivity contribution in [3.63, 3.8) is 0 Å². The summed E-state index contributed by atoms with van der Waals surface area (Å²) in [5.41, 5.74) is -0.209. The highest BCUT2D eigenvalue weighted by atomic mass is 16.6. The van der Waals surface area contributed by atoms with Crippen molar-refractivity contribution in [2.45, 2.75) is 6.92 Å². The van der Waals surface area contributed by atoms with Crippen molar-refractivity contribution in [1.82, 2.24) is 4.98 Å². The highest BCUT2D eigenvalue weighted by Gasteiger charge is 2.15. The van der Waals surface area contributed by atoms with Gasteiger partial charge in [0, 0.05) is 0 Å². The number of carbonyl (C=O) groups is 2. The number of carboxylic acids is 1. The summed E-state index contributed by atoms with van der Waals surface area (Å²) in [7, 11) is 0. The average molecular weight is 237 g/mol. The van der Waals surface area contributed by atoms with Crippen molar-refractivity contribution in [3.8, 4) is 0 Å². The van der Waals surface area contributed by atoms with Gasteiger partial charge in [-0.05, 0) is 19.1 Å². The molecule has 1 amide bonds. The molecular formula is C10H11N3O4. The largest absolute Gasteiger partial charge is 0.476 e. The fraction of sp³-hybridized carbons (Fsp3) is 0.200. The minimum Gasteiger partial charge on any atom is -0.476 e. The van der Waals surface area contributed by atoms with Gasteiger partial charge in [-0.2, -0.15) is 0 Å². The number of carbonyl (C=O) groups excluding carboxylic acids is 1. The number of pyridine rings is 1. The standard InChI is InChI=1S/C10H11N3O4/c1-2-17-13-9(10(15)16)7-4-3-5-8(12-7)11-6-14/h3-6H,2H2,1H3,(H,15,16)(H,11,12,14). The van der Waals surface area contributed by atoms with Crippen LogP contribution in [0, 0.1) is 0 Å². The van der Waals surface area contributed by atoms with Gasteiger partial charge in [-0.15, -0.1) is 0 Å². The van der Waals surface area contributed by atoms with Gasteiger partial charge in [0.05, 0.1) is 0 Å². The number of aliphatic carboxylic acids is 1. The summed E-state index contributed by atoms with van der Waals surface area (Å²) in [6.45, 7) is 1.93. The number of aromatic nitrogens is 1. The first-order valence-corrected chi connectivity index (χ1v) is 4.80. The molecule has 1 rings (SSSR count). The van der Waals surface area contributed by atoms with Gasteiger partial charge in [0.25, 0.3) is 0 Å². The lowest BCUT2D eigenvalue weighted by Crippen LogP contribution is -2.17. The monoisotopic (exact) mass is 237 g/mol. The first kappa shape index (κ1) is 12.6.